The molecule has 2 N–H and O–H groups in total. The lowest BCUT2D eigenvalue weighted by molar-refractivity contribution is -0.384. The maximum Gasteiger partial charge on any atom is 0.270 e. The van der Waals surface area contributed by atoms with Gasteiger partial charge in [-0.15, -0.1) is 0 Å². The lowest BCUT2D eigenvalue weighted by Crippen LogP contribution is -2.13. The van der Waals surface area contributed by atoms with Gasteiger partial charge in [0, 0.05) is 23.7 Å². The molecule has 7 heteroatoms. The van der Waals surface area contributed by atoms with Crippen LogP contribution in [0.3, 0.4) is 0 Å². The summed E-state index contributed by atoms with van der Waals surface area (Å²) in [5.41, 5.74) is 0.617. The van der Waals surface area contributed by atoms with Crippen LogP contribution < -0.4 is 10.6 Å². The minimum absolute atomic E-state index is 0.123. The number of non-ortho nitro benzene ring substituents is 1. The van der Waals surface area contributed by atoms with Gasteiger partial charge in [0.1, 0.15) is 5.82 Å². The topological polar surface area (TPSA) is 97.2 Å². The number of benzene rings is 1. The average molecular weight is 300 g/mol. The molecule has 1 aromatic heterocycles. The third kappa shape index (κ3) is 4.02. The number of nitro benzene ring substituents is 1. The second kappa shape index (κ2) is 6.66. The van der Waals surface area contributed by atoms with Gasteiger partial charge in [0.2, 0.25) is 0 Å². The van der Waals surface area contributed by atoms with Crippen molar-refractivity contribution in [2.45, 2.75) is 19.9 Å². The fraction of sp³-hybridized carbons (Fsp3) is 0.200. The van der Waals surface area contributed by atoms with Crippen LogP contribution in [0.1, 0.15) is 24.2 Å². The molecule has 0 bridgehead atoms. The zero-order valence-electron chi connectivity index (χ0n) is 12.2. The zero-order chi connectivity index (χ0) is 16.1. The molecule has 22 heavy (non-hydrogen) atoms. The highest BCUT2D eigenvalue weighted by Crippen LogP contribution is 2.16. The number of hydrogen-bond donors (Lipinski definition) is 2. The largest absolute Gasteiger partial charge is 0.368 e. The van der Waals surface area contributed by atoms with Gasteiger partial charge in [-0.25, -0.2) is 4.98 Å². The molecule has 0 aliphatic carbocycles. The van der Waals surface area contributed by atoms with Crippen LogP contribution in [0.4, 0.5) is 17.2 Å². The molecule has 1 amide bonds. The van der Waals surface area contributed by atoms with E-state index in [1.54, 1.807) is 12.1 Å². The molecule has 114 valence electrons. The van der Waals surface area contributed by atoms with E-state index < -0.39 is 10.8 Å². The first-order chi connectivity index (χ1) is 10.5. The van der Waals surface area contributed by atoms with Crippen molar-refractivity contribution in [1.29, 1.82) is 0 Å². The van der Waals surface area contributed by atoms with E-state index in [1.807, 2.05) is 13.8 Å². The summed E-state index contributed by atoms with van der Waals surface area (Å²) in [4.78, 5) is 26.4. The highest BCUT2D eigenvalue weighted by molar-refractivity contribution is 6.04. The summed E-state index contributed by atoms with van der Waals surface area (Å²) in [7, 11) is 0. The summed E-state index contributed by atoms with van der Waals surface area (Å²) < 4.78 is 0. The van der Waals surface area contributed by atoms with E-state index in [0.29, 0.717) is 11.5 Å². The van der Waals surface area contributed by atoms with Crippen LogP contribution in [0.5, 0.6) is 0 Å². The minimum Gasteiger partial charge on any atom is -0.368 e. The number of amides is 1. The smallest absolute Gasteiger partial charge is 0.270 e. The fourth-order valence-electron chi connectivity index (χ4n) is 1.81. The number of anilines is 2. The van der Waals surface area contributed by atoms with Crippen molar-refractivity contribution in [3.63, 3.8) is 0 Å². The van der Waals surface area contributed by atoms with Crippen LogP contribution in [0, 0.1) is 10.1 Å². The number of nitrogens with one attached hydrogen (secondary N) is 2. The second-order valence-corrected chi connectivity index (χ2v) is 4.99. The highest BCUT2D eigenvalue weighted by Gasteiger charge is 2.11. The number of aromatic nitrogens is 1. The lowest BCUT2D eigenvalue weighted by atomic mass is 10.2. The molecule has 2 rings (SSSR count). The normalized spacial score (nSPS) is 10.3. The quantitative estimate of drug-likeness (QED) is 0.653. The van der Waals surface area contributed by atoms with Crippen molar-refractivity contribution < 1.29 is 9.72 Å². The molecule has 7 nitrogen and oxygen atoms in total. The Morgan fingerprint density at radius 2 is 2.05 bits per heavy atom. The first kappa shape index (κ1) is 15.4. The molecule has 0 atom stereocenters. The Morgan fingerprint density at radius 1 is 1.27 bits per heavy atom. The Morgan fingerprint density at radius 3 is 2.64 bits per heavy atom. The molecule has 0 saturated heterocycles. The van der Waals surface area contributed by atoms with Crippen LogP contribution in [-0.4, -0.2) is 21.9 Å². The lowest BCUT2D eigenvalue weighted by Gasteiger charge is -2.10. The van der Waals surface area contributed by atoms with Crippen LogP contribution in [-0.2, 0) is 0 Å². The van der Waals surface area contributed by atoms with E-state index >= 15 is 0 Å². The maximum atomic E-state index is 12.1. The molecule has 0 spiro atoms. The van der Waals surface area contributed by atoms with Gasteiger partial charge in [-0.1, -0.05) is 6.07 Å². The molecule has 0 saturated carbocycles. The van der Waals surface area contributed by atoms with E-state index in [1.165, 1.54) is 30.5 Å². The van der Waals surface area contributed by atoms with Crippen LogP contribution in [0.25, 0.3) is 0 Å². The molecule has 0 aliphatic rings. The summed E-state index contributed by atoms with van der Waals surface area (Å²) in [5.74, 6) is 0.290. The number of nitrogens with zero attached hydrogens (tertiary/aromatic N) is 2. The van der Waals surface area contributed by atoms with Crippen molar-refractivity contribution in [3.8, 4) is 0 Å². The van der Waals surface area contributed by atoms with Gasteiger partial charge in [0.25, 0.3) is 11.6 Å². The molecule has 1 heterocycles. The molecular weight excluding hydrogens is 284 g/mol. The third-order valence-electron chi connectivity index (χ3n) is 2.78. The van der Waals surface area contributed by atoms with Gasteiger partial charge in [0.05, 0.1) is 16.8 Å². The van der Waals surface area contributed by atoms with E-state index in [4.69, 9.17) is 0 Å². The van der Waals surface area contributed by atoms with Crippen molar-refractivity contribution in [1.82, 2.24) is 4.98 Å². The monoisotopic (exact) mass is 300 g/mol. The van der Waals surface area contributed by atoms with E-state index in [-0.39, 0.29) is 17.3 Å². The summed E-state index contributed by atoms with van der Waals surface area (Å²) in [6, 6.07) is 9.29. The van der Waals surface area contributed by atoms with Crippen molar-refractivity contribution in [2.75, 3.05) is 10.6 Å². The van der Waals surface area contributed by atoms with Gasteiger partial charge in [-0.05, 0) is 32.0 Å². The summed E-state index contributed by atoms with van der Waals surface area (Å²) in [6.45, 7) is 4.00. The summed E-state index contributed by atoms with van der Waals surface area (Å²) >= 11 is 0. The first-order valence-electron chi connectivity index (χ1n) is 6.74. The molecule has 0 unspecified atom stereocenters. The average Bonchev–Trinajstić information content (AvgIpc) is 2.49. The van der Waals surface area contributed by atoms with Gasteiger partial charge in [0.15, 0.2) is 0 Å². The number of carbonyl (C=O) groups excluding carboxylic acids is 1. The zero-order valence-corrected chi connectivity index (χ0v) is 12.2. The number of pyridine rings is 1. The Labute approximate surface area is 127 Å². The van der Waals surface area contributed by atoms with E-state index in [0.717, 1.165) is 0 Å². The van der Waals surface area contributed by atoms with Gasteiger partial charge < -0.3 is 10.6 Å². The van der Waals surface area contributed by atoms with Crippen molar-refractivity contribution in [3.05, 3.63) is 58.3 Å². The number of rotatable bonds is 5. The molecule has 2 aromatic rings. The Hall–Kier alpha value is -2.96. The fourth-order valence-corrected chi connectivity index (χ4v) is 1.81. The van der Waals surface area contributed by atoms with Gasteiger partial charge in [-0.2, -0.15) is 0 Å². The van der Waals surface area contributed by atoms with Crippen LogP contribution in [0.2, 0.25) is 0 Å². The predicted octanol–water partition coefficient (Wildman–Crippen LogP) is 3.06. The number of carbonyl (C=O) groups is 1. The maximum absolute atomic E-state index is 12.1. The van der Waals surface area contributed by atoms with Crippen molar-refractivity contribution >= 4 is 23.1 Å². The van der Waals surface area contributed by atoms with Crippen molar-refractivity contribution in [2.24, 2.45) is 0 Å². The first-order valence-corrected chi connectivity index (χ1v) is 6.74. The van der Waals surface area contributed by atoms with E-state index in [2.05, 4.69) is 15.6 Å². The highest BCUT2D eigenvalue weighted by atomic mass is 16.6. The Bertz CT molecular complexity index is 683. The molecule has 0 aliphatic heterocycles. The minimum atomic E-state index is -0.537. The van der Waals surface area contributed by atoms with Crippen LogP contribution in [0.15, 0.2) is 42.6 Å². The third-order valence-corrected chi connectivity index (χ3v) is 2.78. The van der Waals surface area contributed by atoms with Crippen LogP contribution >= 0.6 is 0 Å². The molecule has 0 radical (unpaired) electrons. The summed E-state index contributed by atoms with van der Waals surface area (Å²) in [6.07, 6.45) is 1.53. The number of nitro groups is 1. The second-order valence-electron chi connectivity index (χ2n) is 4.99. The Kier molecular flexibility index (Phi) is 4.67. The molecule has 1 aromatic carbocycles. The molecular formula is C15H16N4O3. The molecule has 0 fully saturated rings. The van der Waals surface area contributed by atoms with Gasteiger partial charge in [-0.3, -0.25) is 14.9 Å². The SMILES string of the molecule is CC(C)Nc1ccc(NC(=O)c2cccc([N+](=O)[O-])c2)cn1. The summed E-state index contributed by atoms with van der Waals surface area (Å²) in [5, 5.41) is 16.5. The number of hydrogen-bond acceptors (Lipinski definition) is 5. The standard InChI is InChI=1S/C15H16N4O3/c1-10(2)17-14-7-6-12(9-16-14)18-15(20)11-4-3-5-13(8-11)19(21)22/h3-10H,1-2H3,(H,16,17)(H,18,20). The predicted molar refractivity (Wildman–Crippen MR) is 84.0 cm³/mol. The Balaban J connectivity index is 2.08. The van der Waals surface area contributed by atoms with E-state index in [9.17, 15) is 14.9 Å². The van der Waals surface area contributed by atoms with Gasteiger partial charge >= 0.3 is 0 Å².